The van der Waals surface area contributed by atoms with Gasteiger partial charge in [0, 0.05) is 44.3 Å². The first kappa shape index (κ1) is 24.8. The van der Waals surface area contributed by atoms with E-state index in [0.717, 1.165) is 0 Å². The van der Waals surface area contributed by atoms with Crippen LogP contribution in [0.25, 0.3) is 0 Å². The van der Waals surface area contributed by atoms with Gasteiger partial charge in [-0.05, 0) is 24.6 Å². The number of hydrogen-bond donors (Lipinski definition) is 2. The van der Waals surface area contributed by atoms with E-state index in [4.69, 9.17) is 27.6 Å². The van der Waals surface area contributed by atoms with Gasteiger partial charge in [-0.15, -0.1) is 0 Å². The number of carbonyl (C=O) groups is 3. The molecule has 1 aromatic heterocycles. The van der Waals surface area contributed by atoms with Gasteiger partial charge in [-0.3, -0.25) is 14.4 Å². The second-order valence-corrected chi connectivity index (χ2v) is 8.78. The third-order valence-electron chi connectivity index (χ3n) is 5.29. The van der Waals surface area contributed by atoms with Crippen LogP contribution in [0.15, 0.2) is 46.0 Å². The predicted octanol–water partition coefficient (Wildman–Crippen LogP) is 2.99. The number of fused-ring (bicyclic) bond motifs is 1. The van der Waals surface area contributed by atoms with Crippen molar-refractivity contribution in [3.8, 4) is 0 Å². The van der Waals surface area contributed by atoms with Crippen LogP contribution in [-0.4, -0.2) is 65.8 Å². The average molecular weight is 494 g/mol. The number of Topliss-reactive ketones (excluding diaryl/α,β-unsaturated/α-hetero) is 1. The van der Waals surface area contributed by atoms with Gasteiger partial charge in [-0.2, -0.15) is 0 Å². The molecule has 3 rings (SSSR count). The molecule has 0 saturated carbocycles. The van der Waals surface area contributed by atoms with Crippen LogP contribution in [0, 0.1) is 0 Å². The van der Waals surface area contributed by atoms with Crippen LogP contribution in [0.5, 0.6) is 0 Å². The second kappa shape index (κ2) is 10.4. The summed E-state index contributed by atoms with van der Waals surface area (Å²) in [5.74, 6) is -1.03. The van der Waals surface area contributed by atoms with Gasteiger partial charge in [0.05, 0.1) is 18.2 Å². The molecule has 8 nitrogen and oxygen atoms in total. The number of carbonyl (C=O) groups excluding carboxylic acids is 3. The van der Waals surface area contributed by atoms with Crippen molar-refractivity contribution in [2.24, 2.45) is 0 Å². The van der Waals surface area contributed by atoms with Crippen molar-refractivity contribution in [2.75, 3.05) is 27.2 Å². The van der Waals surface area contributed by atoms with Gasteiger partial charge in [-0.25, -0.2) is 0 Å². The van der Waals surface area contributed by atoms with E-state index < -0.39 is 29.7 Å². The molecular formula is C23H25Cl2N3O5. The molecule has 1 aromatic carbocycles. The fourth-order valence-corrected chi connectivity index (χ4v) is 4.04. The van der Waals surface area contributed by atoms with Crippen molar-refractivity contribution in [3.05, 3.63) is 69.2 Å². The highest BCUT2D eigenvalue weighted by molar-refractivity contribution is 6.44. The van der Waals surface area contributed by atoms with E-state index >= 15 is 0 Å². The van der Waals surface area contributed by atoms with Crippen LogP contribution in [0.2, 0.25) is 5.02 Å². The summed E-state index contributed by atoms with van der Waals surface area (Å²) in [4.78, 5) is 41.5. The number of benzene rings is 1. The van der Waals surface area contributed by atoms with Crippen LogP contribution in [0.1, 0.15) is 45.2 Å². The molecule has 0 fully saturated rings. The van der Waals surface area contributed by atoms with Crippen LogP contribution in [0.4, 0.5) is 0 Å². The van der Waals surface area contributed by atoms with Crippen molar-refractivity contribution in [1.29, 1.82) is 0 Å². The minimum atomic E-state index is -0.815. The molecule has 10 heteroatoms. The quantitative estimate of drug-likeness (QED) is 0.432. The molecule has 2 heterocycles. The molecule has 1 aliphatic rings. The highest BCUT2D eigenvalue weighted by Gasteiger charge is 2.35. The van der Waals surface area contributed by atoms with E-state index in [1.165, 1.54) is 17.2 Å². The fourth-order valence-electron chi connectivity index (χ4n) is 3.55. The molecule has 33 heavy (non-hydrogen) atoms. The van der Waals surface area contributed by atoms with Gasteiger partial charge < -0.3 is 24.6 Å². The monoisotopic (exact) mass is 493 g/mol. The number of aliphatic hydroxyl groups excluding tert-OH is 1. The van der Waals surface area contributed by atoms with Gasteiger partial charge in [-0.1, -0.05) is 35.3 Å². The number of nitrogens with one attached hydrogen (secondary N) is 1. The molecule has 2 N–H and O–H groups in total. The lowest BCUT2D eigenvalue weighted by Gasteiger charge is -2.32. The van der Waals surface area contributed by atoms with E-state index in [1.807, 2.05) is 0 Å². The molecule has 2 atom stereocenters. The number of amides is 2. The third-order valence-corrected chi connectivity index (χ3v) is 5.79. The lowest BCUT2D eigenvalue weighted by molar-refractivity contribution is -0.126. The van der Waals surface area contributed by atoms with Crippen LogP contribution in [-0.2, 0) is 11.2 Å². The molecule has 2 aromatic rings. The standard InChI is InChI=1S/C23H25Cl2N3O5/c1-13(22(31)26-18(12-29)14-5-4-6-15(24)9-14)28-8-7-19-16(23(28)32)10-20(33-19)21(30)17(25)11-27(2)3/h4-6,9-11,13,18,29H,7-8,12H2,1-3H3,(H,26,31)/t13-,18-/m1/s1. The maximum atomic E-state index is 13.1. The Hall–Kier alpha value is -2.81. The number of furan rings is 1. The van der Waals surface area contributed by atoms with Crippen LogP contribution in [0.3, 0.4) is 0 Å². The summed E-state index contributed by atoms with van der Waals surface area (Å²) in [7, 11) is 3.45. The molecule has 0 unspecified atom stereocenters. The smallest absolute Gasteiger partial charge is 0.258 e. The highest BCUT2D eigenvalue weighted by atomic mass is 35.5. The van der Waals surface area contributed by atoms with Gasteiger partial charge in [0.25, 0.3) is 5.91 Å². The van der Waals surface area contributed by atoms with Gasteiger partial charge in [0.2, 0.25) is 11.7 Å². The summed E-state index contributed by atoms with van der Waals surface area (Å²) in [5, 5.41) is 12.9. The summed E-state index contributed by atoms with van der Waals surface area (Å²) >= 11 is 12.0. The summed E-state index contributed by atoms with van der Waals surface area (Å²) in [6, 6.07) is 6.71. The highest BCUT2D eigenvalue weighted by Crippen LogP contribution is 2.27. The molecule has 0 saturated heterocycles. The van der Waals surface area contributed by atoms with Crippen molar-refractivity contribution in [1.82, 2.24) is 15.1 Å². The van der Waals surface area contributed by atoms with E-state index in [1.54, 1.807) is 50.2 Å². The number of ketones is 1. The van der Waals surface area contributed by atoms with Crippen molar-refractivity contribution in [3.63, 3.8) is 0 Å². The number of hydrogen-bond acceptors (Lipinski definition) is 6. The summed E-state index contributed by atoms with van der Waals surface area (Å²) < 4.78 is 5.59. The van der Waals surface area contributed by atoms with Gasteiger partial charge >= 0.3 is 0 Å². The summed E-state index contributed by atoms with van der Waals surface area (Å²) in [6.07, 6.45) is 1.79. The number of nitrogens with zero attached hydrogens (tertiary/aromatic N) is 2. The Morgan fingerprint density at radius 3 is 2.70 bits per heavy atom. The second-order valence-electron chi connectivity index (χ2n) is 7.94. The summed E-state index contributed by atoms with van der Waals surface area (Å²) in [5.41, 5.74) is 0.880. The zero-order chi connectivity index (χ0) is 24.3. The molecule has 0 aliphatic carbocycles. The Labute approximate surface area is 201 Å². The molecular weight excluding hydrogens is 469 g/mol. The minimum Gasteiger partial charge on any atom is -0.457 e. The Bertz CT molecular complexity index is 1100. The molecule has 1 aliphatic heterocycles. The van der Waals surface area contributed by atoms with Crippen molar-refractivity contribution < 1.29 is 23.9 Å². The summed E-state index contributed by atoms with van der Waals surface area (Å²) in [6.45, 7) is 1.52. The zero-order valence-corrected chi connectivity index (χ0v) is 20.0. The topological polar surface area (TPSA) is 103 Å². The average Bonchev–Trinajstić information content (AvgIpc) is 3.21. The Morgan fingerprint density at radius 1 is 1.33 bits per heavy atom. The first-order chi connectivity index (χ1) is 15.6. The van der Waals surface area contributed by atoms with E-state index in [2.05, 4.69) is 5.32 Å². The SMILES string of the molecule is C[C@H](C(=O)N[C@H](CO)c1cccc(Cl)c1)N1CCc2oc(C(=O)C(Cl)=CN(C)C)cc2C1=O. The van der Waals surface area contributed by atoms with E-state index in [0.29, 0.717) is 22.8 Å². The molecule has 2 amide bonds. The Balaban J connectivity index is 1.74. The lowest BCUT2D eigenvalue weighted by Crippen LogP contribution is -2.51. The van der Waals surface area contributed by atoms with E-state index in [-0.39, 0.29) is 29.5 Å². The van der Waals surface area contributed by atoms with E-state index in [9.17, 15) is 19.5 Å². The molecule has 176 valence electrons. The first-order valence-electron chi connectivity index (χ1n) is 10.3. The maximum Gasteiger partial charge on any atom is 0.258 e. The normalized spacial score (nSPS) is 15.6. The maximum absolute atomic E-state index is 13.1. The van der Waals surface area contributed by atoms with Crippen molar-refractivity contribution >= 4 is 40.8 Å². The predicted molar refractivity (Wildman–Crippen MR) is 124 cm³/mol. The van der Waals surface area contributed by atoms with Crippen LogP contribution >= 0.6 is 23.2 Å². The molecule has 0 bridgehead atoms. The van der Waals surface area contributed by atoms with Gasteiger partial charge in [0.1, 0.15) is 16.8 Å². The lowest BCUT2D eigenvalue weighted by atomic mass is 10.0. The Kier molecular flexibility index (Phi) is 7.84. The largest absolute Gasteiger partial charge is 0.457 e. The minimum absolute atomic E-state index is 0.0308. The number of halogens is 2. The molecule has 0 spiro atoms. The fraction of sp³-hybridized carbons (Fsp3) is 0.348. The number of allylic oxidation sites excluding steroid dienone is 1. The van der Waals surface area contributed by atoms with Crippen molar-refractivity contribution in [2.45, 2.75) is 25.4 Å². The molecule has 0 radical (unpaired) electrons. The zero-order valence-electron chi connectivity index (χ0n) is 18.5. The van der Waals surface area contributed by atoms with Crippen LogP contribution < -0.4 is 5.32 Å². The first-order valence-corrected chi connectivity index (χ1v) is 11.1. The Morgan fingerprint density at radius 2 is 2.06 bits per heavy atom. The number of rotatable bonds is 8. The van der Waals surface area contributed by atoms with Gasteiger partial charge in [0.15, 0.2) is 5.76 Å². The third kappa shape index (κ3) is 5.58. The number of aliphatic hydroxyl groups is 1.